The van der Waals surface area contributed by atoms with Gasteiger partial charge in [0.25, 0.3) is 0 Å². The molecule has 0 amide bonds. The van der Waals surface area contributed by atoms with Gasteiger partial charge in [-0.05, 0) is 31.2 Å². The van der Waals surface area contributed by atoms with Gasteiger partial charge in [0.15, 0.2) is 0 Å². The molecule has 0 fully saturated rings. The first kappa shape index (κ1) is 19.0. The van der Waals surface area contributed by atoms with E-state index in [4.69, 9.17) is 4.74 Å². The van der Waals surface area contributed by atoms with E-state index in [1.54, 1.807) is 0 Å². The summed E-state index contributed by atoms with van der Waals surface area (Å²) in [6.07, 6.45) is 1.96. The van der Waals surface area contributed by atoms with Crippen molar-refractivity contribution in [1.82, 2.24) is 20.2 Å². The number of halogens is 1. The predicted molar refractivity (Wildman–Crippen MR) is 70.1 cm³/mol. The van der Waals surface area contributed by atoms with Crippen LogP contribution < -0.4 is 17.0 Å². The summed E-state index contributed by atoms with van der Waals surface area (Å²) in [4.78, 5) is 11.7. The molecule has 0 atom stereocenters. The van der Waals surface area contributed by atoms with E-state index in [-0.39, 0.29) is 23.0 Å². The van der Waals surface area contributed by atoms with Crippen LogP contribution in [0.2, 0.25) is 0 Å². The molecule has 0 saturated heterocycles. The normalized spacial score (nSPS) is 10.9. The minimum Gasteiger partial charge on any atom is -1.00 e. The highest BCUT2D eigenvalue weighted by molar-refractivity contribution is 5.69. The van der Waals surface area contributed by atoms with Gasteiger partial charge >= 0.3 is 5.97 Å². The lowest BCUT2D eigenvalue weighted by atomic mass is 10.3. The summed E-state index contributed by atoms with van der Waals surface area (Å²) in [5.74, 6) is -0.147. The van der Waals surface area contributed by atoms with Crippen LogP contribution in [0.5, 0.6) is 0 Å². The fourth-order valence-electron chi connectivity index (χ4n) is 2.08. The Morgan fingerprint density at radius 3 is 2.40 bits per heavy atom. The number of nitrogens with zero attached hydrogens (tertiary/aromatic N) is 5. The molecule has 20 heavy (non-hydrogen) atoms. The fourth-order valence-corrected chi connectivity index (χ4v) is 2.08. The zero-order valence-corrected chi connectivity index (χ0v) is 14.0. The largest absolute Gasteiger partial charge is 1.00 e. The summed E-state index contributed by atoms with van der Waals surface area (Å²) in [5.41, 5.74) is 0. The van der Waals surface area contributed by atoms with Gasteiger partial charge in [-0.1, -0.05) is 0 Å². The van der Waals surface area contributed by atoms with Crippen LogP contribution in [0, 0.1) is 0 Å². The summed E-state index contributed by atoms with van der Waals surface area (Å²) in [5, 5.41) is 10.7. The monoisotopic (exact) mass is 349 g/mol. The number of hydrogen-bond donors (Lipinski definition) is 0. The molecule has 1 heterocycles. The molecule has 0 unspecified atom stereocenters. The molecule has 1 rings (SSSR count). The van der Waals surface area contributed by atoms with Crippen LogP contribution in [0.15, 0.2) is 6.33 Å². The molecule has 7 nitrogen and oxygen atoms in total. The van der Waals surface area contributed by atoms with Crippen LogP contribution in [0.4, 0.5) is 0 Å². The molecule has 0 radical (unpaired) electrons. The Balaban J connectivity index is 0.00000361. The van der Waals surface area contributed by atoms with E-state index in [2.05, 4.69) is 36.3 Å². The van der Waals surface area contributed by atoms with Gasteiger partial charge in [-0.3, -0.25) is 4.79 Å². The van der Waals surface area contributed by atoms with Crippen molar-refractivity contribution >= 4 is 5.97 Å². The average molecular weight is 350 g/mol. The second-order valence-corrected chi connectivity index (χ2v) is 4.56. The van der Waals surface area contributed by atoms with Gasteiger partial charge in [0.1, 0.15) is 12.9 Å². The molecule has 1 aromatic rings. The molecule has 0 saturated carbocycles. The highest BCUT2D eigenvalue weighted by Gasteiger charge is 2.22. The molecule has 0 aliphatic rings. The Morgan fingerprint density at radius 2 is 1.90 bits per heavy atom. The highest BCUT2D eigenvalue weighted by atomic mass is 79.9. The van der Waals surface area contributed by atoms with Crippen molar-refractivity contribution in [3.05, 3.63) is 6.33 Å². The van der Waals surface area contributed by atoms with Gasteiger partial charge in [0.05, 0.1) is 39.1 Å². The Bertz CT molecular complexity index is 360. The molecule has 0 bridgehead atoms. The molecule has 8 heteroatoms. The number of aromatic nitrogens is 4. The second kappa shape index (κ2) is 9.82. The van der Waals surface area contributed by atoms with E-state index in [0.717, 1.165) is 30.7 Å². The number of carbonyl (C=O) groups is 1. The maximum absolute atomic E-state index is 11.7. The van der Waals surface area contributed by atoms with Crippen LogP contribution >= 0.6 is 0 Å². The Hall–Kier alpha value is -1.02. The van der Waals surface area contributed by atoms with Gasteiger partial charge in [-0.15, -0.1) is 5.10 Å². The lowest BCUT2D eigenvalue weighted by molar-refractivity contribution is -0.922. The van der Waals surface area contributed by atoms with Gasteiger partial charge < -0.3 is 26.2 Å². The second-order valence-electron chi connectivity index (χ2n) is 4.56. The minimum absolute atomic E-state index is 0. The first-order valence-electron chi connectivity index (χ1n) is 6.87. The van der Waals surface area contributed by atoms with Crippen LogP contribution in [0.3, 0.4) is 0 Å². The van der Waals surface area contributed by atoms with Crippen molar-refractivity contribution in [2.45, 2.75) is 33.7 Å². The number of quaternary nitrogens is 1. The van der Waals surface area contributed by atoms with Crippen LogP contribution in [0.1, 0.15) is 27.2 Å². The third-order valence-corrected chi connectivity index (χ3v) is 3.78. The summed E-state index contributed by atoms with van der Waals surface area (Å²) in [7, 11) is 0. The molecule has 0 aliphatic heterocycles. The number of ether oxygens (including phenoxy) is 1. The van der Waals surface area contributed by atoms with Crippen molar-refractivity contribution in [2.75, 3.05) is 32.8 Å². The minimum atomic E-state index is -0.147. The van der Waals surface area contributed by atoms with E-state index >= 15 is 0 Å². The lowest BCUT2D eigenvalue weighted by Gasteiger charge is -2.35. The Labute approximate surface area is 130 Å². The van der Waals surface area contributed by atoms with Crippen molar-refractivity contribution in [3.8, 4) is 0 Å². The maximum atomic E-state index is 11.7. The van der Waals surface area contributed by atoms with Crippen LogP contribution in [-0.4, -0.2) is 63.4 Å². The smallest absolute Gasteiger partial charge is 0.311 e. The van der Waals surface area contributed by atoms with Crippen molar-refractivity contribution in [1.29, 1.82) is 0 Å². The van der Waals surface area contributed by atoms with Gasteiger partial charge in [0, 0.05) is 0 Å². The Kier molecular flexibility index (Phi) is 9.32. The highest BCUT2D eigenvalue weighted by Crippen LogP contribution is 2.07. The number of hydrogen-bond acceptors (Lipinski definition) is 5. The van der Waals surface area contributed by atoms with Gasteiger partial charge in [0.2, 0.25) is 0 Å². The number of tetrazole rings is 1. The van der Waals surface area contributed by atoms with Crippen LogP contribution in [-0.2, 0) is 16.1 Å². The lowest BCUT2D eigenvalue weighted by Crippen LogP contribution is -3.00. The number of carbonyl (C=O) groups excluding carboxylic acids is 1. The maximum Gasteiger partial charge on any atom is 0.311 e. The third-order valence-electron chi connectivity index (χ3n) is 3.78. The molecule has 0 spiro atoms. The summed E-state index contributed by atoms with van der Waals surface area (Å²) >= 11 is 0. The van der Waals surface area contributed by atoms with E-state index in [1.807, 2.05) is 0 Å². The predicted octanol–water partition coefficient (Wildman–Crippen LogP) is -2.51. The van der Waals surface area contributed by atoms with Crippen molar-refractivity contribution < 1.29 is 31.0 Å². The van der Waals surface area contributed by atoms with E-state index < -0.39 is 0 Å². The van der Waals surface area contributed by atoms with Crippen LogP contribution in [0.25, 0.3) is 0 Å². The quantitative estimate of drug-likeness (QED) is 0.363. The van der Waals surface area contributed by atoms with E-state index in [0.29, 0.717) is 19.6 Å². The van der Waals surface area contributed by atoms with Crippen molar-refractivity contribution in [3.63, 3.8) is 0 Å². The standard InChI is InChI=1S/C12H24N5O2.BrH/c1-4-17(5-2,6-3)9-7-12(18)19-10-8-16-11-13-14-15-16;/h11H,4-10H2,1-3H3;1H/q+1;/p-1. The third kappa shape index (κ3) is 5.96. The van der Waals surface area contributed by atoms with Gasteiger partial charge in [-0.25, -0.2) is 4.68 Å². The Morgan fingerprint density at radius 1 is 1.25 bits per heavy atom. The summed E-state index contributed by atoms with van der Waals surface area (Å²) in [6.45, 7) is 11.3. The van der Waals surface area contributed by atoms with E-state index in [9.17, 15) is 4.79 Å². The molecular formula is C12H24BrN5O2. The SMILES string of the molecule is CC[N+](CC)(CC)CCC(=O)OCCn1cnnn1.[Br-]. The molecule has 0 aliphatic carbocycles. The topological polar surface area (TPSA) is 69.9 Å². The number of rotatable bonds is 9. The average Bonchev–Trinajstić information content (AvgIpc) is 2.94. The van der Waals surface area contributed by atoms with Crippen molar-refractivity contribution in [2.24, 2.45) is 0 Å². The first-order chi connectivity index (χ1) is 9.15. The molecule has 116 valence electrons. The summed E-state index contributed by atoms with van der Waals surface area (Å²) < 4.78 is 7.68. The molecule has 1 aromatic heterocycles. The van der Waals surface area contributed by atoms with Gasteiger partial charge in [-0.2, -0.15) is 0 Å². The molecular weight excluding hydrogens is 326 g/mol. The number of esters is 1. The fraction of sp³-hybridized carbons (Fsp3) is 0.833. The zero-order valence-electron chi connectivity index (χ0n) is 12.5. The molecule has 0 N–H and O–H groups in total. The van der Waals surface area contributed by atoms with E-state index in [1.165, 1.54) is 11.0 Å². The summed E-state index contributed by atoms with van der Waals surface area (Å²) in [6, 6.07) is 0. The first-order valence-corrected chi connectivity index (χ1v) is 6.87. The zero-order chi connectivity index (χ0) is 14.1. The molecule has 0 aromatic carbocycles.